The minimum atomic E-state index is 0.160. The number of fused-ring (bicyclic) bond motifs is 1. The van der Waals surface area contributed by atoms with Gasteiger partial charge < -0.3 is 10.1 Å². The van der Waals surface area contributed by atoms with Crippen molar-refractivity contribution in [1.29, 1.82) is 0 Å². The minimum absolute atomic E-state index is 0.160. The number of rotatable bonds is 0. The number of ether oxygens (including phenoxy) is 1. The third-order valence-electron chi connectivity index (χ3n) is 3.56. The van der Waals surface area contributed by atoms with E-state index in [0.29, 0.717) is 0 Å². The molecule has 1 aliphatic rings. The molecule has 1 atom stereocenters. The van der Waals surface area contributed by atoms with Crippen LogP contribution in [0.1, 0.15) is 47.1 Å². The maximum absolute atomic E-state index is 6.10. The van der Waals surface area contributed by atoms with Crippen LogP contribution in [-0.4, -0.2) is 12.6 Å². The van der Waals surface area contributed by atoms with Crippen molar-refractivity contribution in [2.24, 2.45) is 5.41 Å². The Bertz CT molecular complexity index is 437. The van der Waals surface area contributed by atoms with E-state index in [-0.39, 0.29) is 16.9 Å². The lowest BCUT2D eigenvalue weighted by atomic mass is 9.85. The molecule has 18 heavy (non-hydrogen) atoms. The molecule has 0 aliphatic carbocycles. The van der Waals surface area contributed by atoms with E-state index in [0.717, 1.165) is 18.0 Å². The number of nitrogens with one attached hydrogen (secondary N) is 1. The van der Waals surface area contributed by atoms with Gasteiger partial charge in [0, 0.05) is 5.41 Å². The standard InChI is InChI=1S/C16H25NO/c1-15(2,3)11-7-8-13-12(9-11)17-10-14(18-13)16(4,5)6/h7-9,14,17H,10H2,1-6H3. The Morgan fingerprint density at radius 1 is 1.11 bits per heavy atom. The highest BCUT2D eigenvalue weighted by atomic mass is 16.5. The monoisotopic (exact) mass is 247 g/mol. The molecule has 0 saturated carbocycles. The first-order chi connectivity index (χ1) is 8.18. The normalized spacial score (nSPS) is 19.8. The van der Waals surface area contributed by atoms with Crippen molar-refractivity contribution in [1.82, 2.24) is 0 Å². The van der Waals surface area contributed by atoms with Crippen molar-refractivity contribution in [3.8, 4) is 5.75 Å². The van der Waals surface area contributed by atoms with E-state index in [2.05, 4.69) is 65.1 Å². The van der Waals surface area contributed by atoms with Crippen molar-refractivity contribution in [3.05, 3.63) is 23.8 Å². The molecule has 1 unspecified atom stereocenters. The molecule has 100 valence electrons. The van der Waals surface area contributed by atoms with E-state index < -0.39 is 0 Å². The van der Waals surface area contributed by atoms with Gasteiger partial charge in [0.1, 0.15) is 11.9 Å². The molecule has 2 heteroatoms. The van der Waals surface area contributed by atoms with Crippen molar-refractivity contribution in [2.75, 3.05) is 11.9 Å². The molecule has 1 aliphatic heterocycles. The number of hydrogen-bond donors (Lipinski definition) is 1. The molecule has 1 aromatic carbocycles. The quantitative estimate of drug-likeness (QED) is 0.741. The smallest absolute Gasteiger partial charge is 0.142 e. The summed E-state index contributed by atoms with van der Waals surface area (Å²) in [6.07, 6.45) is 0.227. The van der Waals surface area contributed by atoms with Crippen molar-refractivity contribution >= 4 is 5.69 Å². The zero-order valence-electron chi connectivity index (χ0n) is 12.4. The van der Waals surface area contributed by atoms with E-state index in [1.807, 2.05) is 0 Å². The third kappa shape index (κ3) is 2.63. The van der Waals surface area contributed by atoms with Gasteiger partial charge in [-0.25, -0.2) is 0 Å². The van der Waals surface area contributed by atoms with Crippen LogP contribution < -0.4 is 10.1 Å². The summed E-state index contributed by atoms with van der Waals surface area (Å²) >= 11 is 0. The first-order valence-corrected chi connectivity index (χ1v) is 6.73. The fraction of sp³-hybridized carbons (Fsp3) is 0.625. The number of anilines is 1. The van der Waals surface area contributed by atoms with Gasteiger partial charge in [0.2, 0.25) is 0 Å². The Morgan fingerprint density at radius 3 is 2.33 bits per heavy atom. The molecule has 0 fully saturated rings. The molecular weight excluding hydrogens is 222 g/mol. The van der Waals surface area contributed by atoms with Crippen LogP contribution in [0.3, 0.4) is 0 Å². The maximum atomic E-state index is 6.10. The lowest BCUT2D eigenvalue weighted by Crippen LogP contribution is -2.41. The van der Waals surface area contributed by atoms with Crippen LogP contribution >= 0.6 is 0 Å². The third-order valence-corrected chi connectivity index (χ3v) is 3.56. The van der Waals surface area contributed by atoms with Gasteiger partial charge in [0.25, 0.3) is 0 Å². The second-order valence-electron chi connectivity index (χ2n) is 7.31. The zero-order chi connectivity index (χ0) is 13.6. The second kappa shape index (κ2) is 4.18. The van der Waals surface area contributed by atoms with E-state index >= 15 is 0 Å². The summed E-state index contributed by atoms with van der Waals surface area (Å²) in [7, 11) is 0. The summed E-state index contributed by atoms with van der Waals surface area (Å²) in [5, 5.41) is 3.51. The van der Waals surface area contributed by atoms with E-state index in [1.54, 1.807) is 0 Å². The lowest BCUT2D eigenvalue weighted by molar-refractivity contribution is 0.0921. The first kappa shape index (κ1) is 13.3. The number of benzene rings is 1. The lowest BCUT2D eigenvalue weighted by Gasteiger charge is -2.36. The SMILES string of the molecule is CC(C)(C)c1ccc2c(c1)NCC(C(C)(C)C)O2. The van der Waals surface area contributed by atoms with Crippen LogP contribution in [0.15, 0.2) is 18.2 Å². The Labute approximate surface area is 111 Å². The predicted molar refractivity (Wildman–Crippen MR) is 77.5 cm³/mol. The summed E-state index contributed by atoms with van der Waals surface area (Å²) in [5.41, 5.74) is 2.81. The van der Waals surface area contributed by atoms with Crippen LogP contribution in [-0.2, 0) is 5.41 Å². The van der Waals surface area contributed by atoms with Gasteiger partial charge in [-0.2, -0.15) is 0 Å². The topological polar surface area (TPSA) is 21.3 Å². The zero-order valence-corrected chi connectivity index (χ0v) is 12.4. The van der Waals surface area contributed by atoms with Crippen molar-refractivity contribution in [3.63, 3.8) is 0 Å². The molecule has 1 N–H and O–H groups in total. The molecular formula is C16H25NO. The molecule has 2 rings (SSSR count). The molecule has 0 saturated heterocycles. The van der Waals surface area contributed by atoms with Crippen molar-refractivity contribution < 1.29 is 4.74 Å². The number of hydrogen-bond acceptors (Lipinski definition) is 2. The maximum Gasteiger partial charge on any atom is 0.142 e. The van der Waals surface area contributed by atoms with Crippen LogP contribution in [0.25, 0.3) is 0 Å². The van der Waals surface area contributed by atoms with E-state index in [1.165, 1.54) is 5.56 Å². The fourth-order valence-electron chi connectivity index (χ4n) is 2.12. The van der Waals surface area contributed by atoms with Gasteiger partial charge in [-0.05, 0) is 23.1 Å². The molecule has 0 radical (unpaired) electrons. The summed E-state index contributed by atoms with van der Waals surface area (Å²) in [6, 6.07) is 6.49. The molecule has 1 heterocycles. The Balaban J connectivity index is 2.27. The minimum Gasteiger partial charge on any atom is -0.486 e. The van der Waals surface area contributed by atoms with Crippen LogP contribution in [0.5, 0.6) is 5.75 Å². The van der Waals surface area contributed by atoms with Crippen LogP contribution in [0, 0.1) is 5.41 Å². The average molecular weight is 247 g/mol. The van der Waals surface area contributed by atoms with Crippen LogP contribution in [0.4, 0.5) is 5.69 Å². The van der Waals surface area contributed by atoms with Gasteiger partial charge >= 0.3 is 0 Å². The fourth-order valence-corrected chi connectivity index (χ4v) is 2.12. The molecule has 1 aromatic rings. The van der Waals surface area contributed by atoms with Crippen LogP contribution in [0.2, 0.25) is 0 Å². The Morgan fingerprint density at radius 2 is 1.78 bits per heavy atom. The molecule has 0 bridgehead atoms. The molecule has 2 nitrogen and oxygen atoms in total. The summed E-state index contributed by atoms with van der Waals surface area (Å²) in [4.78, 5) is 0. The highest BCUT2D eigenvalue weighted by molar-refractivity contribution is 5.60. The predicted octanol–water partition coefficient (Wildman–Crippen LogP) is 4.20. The van der Waals surface area contributed by atoms with Gasteiger partial charge in [0.05, 0.1) is 12.2 Å². The van der Waals surface area contributed by atoms with Gasteiger partial charge in [0.15, 0.2) is 0 Å². The Kier molecular flexibility index (Phi) is 3.08. The van der Waals surface area contributed by atoms with Gasteiger partial charge in [-0.3, -0.25) is 0 Å². The first-order valence-electron chi connectivity index (χ1n) is 6.73. The molecule has 0 amide bonds. The molecule has 0 aromatic heterocycles. The van der Waals surface area contributed by atoms with Gasteiger partial charge in [-0.1, -0.05) is 47.6 Å². The highest BCUT2D eigenvalue weighted by Crippen LogP contribution is 2.37. The second-order valence-corrected chi connectivity index (χ2v) is 7.31. The van der Waals surface area contributed by atoms with E-state index in [9.17, 15) is 0 Å². The largest absolute Gasteiger partial charge is 0.486 e. The highest BCUT2D eigenvalue weighted by Gasteiger charge is 2.30. The summed E-state index contributed by atoms with van der Waals surface area (Å²) in [6.45, 7) is 14.2. The summed E-state index contributed by atoms with van der Waals surface area (Å²) in [5.74, 6) is 0.981. The average Bonchev–Trinajstić information content (AvgIpc) is 2.25. The van der Waals surface area contributed by atoms with E-state index in [4.69, 9.17) is 4.74 Å². The summed E-state index contributed by atoms with van der Waals surface area (Å²) < 4.78 is 6.10. The van der Waals surface area contributed by atoms with Gasteiger partial charge in [-0.15, -0.1) is 0 Å². The Hall–Kier alpha value is -1.18. The molecule has 0 spiro atoms. The van der Waals surface area contributed by atoms with Crippen molar-refractivity contribution in [2.45, 2.75) is 53.1 Å².